The number of amides is 1. The van der Waals surface area contributed by atoms with E-state index in [1.54, 1.807) is 6.07 Å². The van der Waals surface area contributed by atoms with E-state index in [-0.39, 0.29) is 29.8 Å². The number of rotatable bonds is 3. The standard InChI is InChI=1S/C26H25NO6/c1-15-22-19(7-8-20-23(22)17(28)12-26(33-20)9-3-2-4-10-26)32-24(15)25(29)27-13-16-5-6-18-21(11-16)31-14-30-18/h5-8,11H,2-4,9-10,12-14H2,1H3,(H,27,29). The topological polar surface area (TPSA) is 87.0 Å². The number of carbonyl (C=O) groups excluding carboxylic acids is 2. The molecule has 170 valence electrons. The number of nitrogens with one attached hydrogen (secondary N) is 1. The Balaban J connectivity index is 1.28. The molecule has 7 heteroatoms. The summed E-state index contributed by atoms with van der Waals surface area (Å²) in [5, 5.41) is 3.58. The molecule has 3 heterocycles. The van der Waals surface area contributed by atoms with Gasteiger partial charge >= 0.3 is 0 Å². The van der Waals surface area contributed by atoms with Gasteiger partial charge < -0.3 is 23.9 Å². The van der Waals surface area contributed by atoms with Crippen molar-refractivity contribution in [1.29, 1.82) is 0 Å². The van der Waals surface area contributed by atoms with E-state index in [1.165, 1.54) is 6.42 Å². The third kappa shape index (κ3) is 3.34. The highest BCUT2D eigenvalue weighted by atomic mass is 16.7. The number of aryl methyl sites for hydroxylation is 1. The van der Waals surface area contributed by atoms with Crippen LogP contribution in [0.5, 0.6) is 17.2 Å². The predicted molar refractivity (Wildman–Crippen MR) is 120 cm³/mol. The first-order valence-corrected chi connectivity index (χ1v) is 11.5. The fourth-order valence-electron chi connectivity index (χ4n) is 5.34. The average molecular weight is 447 g/mol. The first-order chi connectivity index (χ1) is 16.0. The summed E-state index contributed by atoms with van der Waals surface area (Å²) in [6.07, 6.45) is 5.57. The molecule has 1 saturated carbocycles. The van der Waals surface area contributed by atoms with Gasteiger partial charge in [0.05, 0.1) is 12.0 Å². The molecule has 0 bridgehead atoms. The first-order valence-electron chi connectivity index (χ1n) is 11.5. The fraction of sp³-hybridized carbons (Fsp3) is 0.385. The van der Waals surface area contributed by atoms with Crippen molar-refractivity contribution in [1.82, 2.24) is 5.32 Å². The van der Waals surface area contributed by atoms with Gasteiger partial charge in [-0.25, -0.2) is 0 Å². The number of hydrogen-bond donors (Lipinski definition) is 1. The largest absolute Gasteiger partial charge is 0.486 e. The Kier molecular flexibility index (Phi) is 4.60. The summed E-state index contributed by atoms with van der Waals surface area (Å²) in [6, 6.07) is 9.16. The van der Waals surface area contributed by atoms with E-state index in [2.05, 4.69) is 5.32 Å². The highest BCUT2D eigenvalue weighted by Gasteiger charge is 2.42. The zero-order chi connectivity index (χ0) is 22.6. The molecule has 1 N–H and O–H groups in total. The fourth-order valence-corrected chi connectivity index (χ4v) is 5.34. The zero-order valence-electron chi connectivity index (χ0n) is 18.5. The SMILES string of the molecule is Cc1c(C(=O)NCc2ccc3c(c2)OCO3)oc2ccc3c(c12)C(=O)CC1(CCCCC1)O3. The molecule has 0 saturated heterocycles. The summed E-state index contributed by atoms with van der Waals surface area (Å²) in [4.78, 5) is 26.2. The summed E-state index contributed by atoms with van der Waals surface area (Å²) < 4.78 is 23.1. The Hall–Kier alpha value is -3.48. The molecule has 1 amide bonds. The van der Waals surface area contributed by atoms with Gasteiger partial charge in [-0.15, -0.1) is 0 Å². The van der Waals surface area contributed by atoms with Gasteiger partial charge in [-0.2, -0.15) is 0 Å². The van der Waals surface area contributed by atoms with Gasteiger partial charge in [0, 0.05) is 17.5 Å². The van der Waals surface area contributed by atoms with Gasteiger partial charge in [0.1, 0.15) is 16.9 Å². The van der Waals surface area contributed by atoms with Gasteiger partial charge in [-0.05, 0) is 62.4 Å². The number of carbonyl (C=O) groups is 2. The van der Waals surface area contributed by atoms with Crippen LogP contribution in [0, 0.1) is 6.92 Å². The van der Waals surface area contributed by atoms with Crippen LogP contribution < -0.4 is 19.5 Å². The molecule has 2 aromatic carbocycles. The second-order valence-electron chi connectivity index (χ2n) is 9.18. The van der Waals surface area contributed by atoms with Gasteiger partial charge in [0.25, 0.3) is 5.91 Å². The smallest absolute Gasteiger partial charge is 0.287 e. The maximum Gasteiger partial charge on any atom is 0.287 e. The molecule has 1 fully saturated rings. The number of ketones is 1. The summed E-state index contributed by atoms with van der Waals surface area (Å²) in [5.41, 5.74) is 2.23. The molecule has 7 nitrogen and oxygen atoms in total. The van der Waals surface area contributed by atoms with E-state index in [0.29, 0.717) is 52.3 Å². The minimum atomic E-state index is -0.377. The van der Waals surface area contributed by atoms with Crippen LogP contribution in [-0.4, -0.2) is 24.1 Å². The number of ether oxygens (including phenoxy) is 3. The van der Waals surface area contributed by atoms with E-state index in [9.17, 15) is 9.59 Å². The lowest BCUT2D eigenvalue weighted by Gasteiger charge is -2.40. The Morgan fingerprint density at radius 1 is 1.03 bits per heavy atom. The summed E-state index contributed by atoms with van der Waals surface area (Å²) in [6.45, 7) is 2.34. The van der Waals surface area contributed by atoms with Crippen LogP contribution in [-0.2, 0) is 6.54 Å². The van der Waals surface area contributed by atoms with Crippen molar-refractivity contribution in [2.45, 2.75) is 57.6 Å². The average Bonchev–Trinajstić information content (AvgIpc) is 3.42. The number of hydrogen-bond acceptors (Lipinski definition) is 6. The Morgan fingerprint density at radius 2 is 1.82 bits per heavy atom. The molecule has 1 aromatic heterocycles. The lowest BCUT2D eigenvalue weighted by Crippen LogP contribution is -2.43. The van der Waals surface area contributed by atoms with E-state index in [1.807, 2.05) is 31.2 Å². The number of Topliss-reactive ketones (excluding diaryl/α,β-unsaturated/α-hetero) is 1. The van der Waals surface area contributed by atoms with Gasteiger partial charge in [0.15, 0.2) is 23.0 Å². The van der Waals surface area contributed by atoms with Crippen molar-refractivity contribution in [3.8, 4) is 17.2 Å². The molecule has 33 heavy (non-hydrogen) atoms. The molecular formula is C26H25NO6. The van der Waals surface area contributed by atoms with Crippen LogP contribution in [0.1, 0.15) is 70.6 Å². The maximum atomic E-state index is 13.3. The van der Waals surface area contributed by atoms with Crippen LogP contribution in [0.2, 0.25) is 0 Å². The highest BCUT2D eigenvalue weighted by Crippen LogP contribution is 2.45. The van der Waals surface area contributed by atoms with Crippen molar-refractivity contribution in [3.05, 3.63) is 52.8 Å². The Bertz CT molecular complexity index is 1280. The van der Waals surface area contributed by atoms with Crippen molar-refractivity contribution >= 4 is 22.7 Å². The zero-order valence-corrected chi connectivity index (χ0v) is 18.5. The number of fused-ring (bicyclic) bond motifs is 4. The van der Waals surface area contributed by atoms with Gasteiger partial charge in [0.2, 0.25) is 6.79 Å². The van der Waals surface area contributed by atoms with E-state index in [0.717, 1.165) is 31.2 Å². The van der Waals surface area contributed by atoms with Gasteiger partial charge in [-0.1, -0.05) is 12.5 Å². The Morgan fingerprint density at radius 3 is 2.67 bits per heavy atom. The lowest BCUT2D eigenvalue weighted by atomic mass is 9.78. The lowest BCUT2D eigenvalue weighted by molar-refractivity contribution is 0.0139. The normalized spacial score (nSPS) is 18.3. The molecular weight excluding hydrogens is 422 g/mol. The molecule has 3 aliphatic rings. The second kappa shape index (κ2) is 7.54. The number of benzene rings is 2. The molecule has 1 aliphatic carbocycles. The summed E-state index contributed by atoms with van der Waals surface area (Å²) in [7, 11) is 0. The van der Waals surface area contributed by atoms with Crippen LogP contribution in [0.15, 0.2) is 34.7 Å². The van der Waals surface area contributed by atoms with Crippen molar-refractivity contribution in [2.75, 3.05) is 6.79 Å². The molecule has 0 atom stereocenters. The van der Waals surface area contributed by atoms with Crippen LogP contribution in [0.4, 0.5) is 0 Å². The van der Waals surface area contributed by atoms with E-state index >= 15 is 0 Å². The highest BCUT2D eigenvalue weighted by molar-refractivity contribution is 6.13. The molecule has 1 spiro atoms. The minimum Gasteiger partial charge on any atom is -0.486 e. The second-order valence-corrected chi connectivity index (χ2v) is 9.18. The molecule has 2 aliphatic heterocycles. The van der Waals surface area contributed by atoms with Crippen LogP contribution in [0.25, 0.3) is 11.0 Å². The van der Waals surface area contributed by atoms with Crippen LogP contribution >= 0.6 is 0 Å². The summed E-state index contributed by atoms with van der Waals surface area (Å²) in [5.74, 6) is 1.93. The van der Waals surface area contributed by atoms with E-state index < -0.39 is 0 Å². The van der Waals surface area contributed by atoms with Crippen molar-refractivity contribution < 1.29 is 28.2 Å². The first kappa shape index (κ1) is 20.1. The van der Waals surface area contributed by atoms with Crippen molar-refractivity contribution in [2.24, 2.45) is 0 Å². The summed E-state index contributed by atoms with van der Waals surface area (Å²) >= 11 is 0. The molecule has 0 radical (unpaired) electrons. The van der Waals surface area contributed by atoms with E-state index in [4.69, 9.17) is 18.6 Å². The quantitative estimate of drug-likeness (QED) is 0.603. The molecule has 3 aromatic rings. The third-order valence-electron chi connectivity index (χ3n) is 7.01. The predicted octanol–water partition coefficient (Wildman–Crippen LogP) is 5.07. The minimum absolute atomic E-state index is 0.0694. The molecule has 6 rings (SSSR count). The Labute approximate surface area is 191 Å². The maximum absolute atomic E-state index is 13.3. The third-order valence-corrected chi connectivity index (χ3v) is 7.01. The van der Waals surface area contributed by atoms with Crippen LogP contribution in [0.3, 0.4) is 0 Å². The monoisotopic (exact) mass is 447 g/mol. The number of furan rings is 1. The van der Waals surface area contributed by atoms with Crippen molar-refractivity contribution in [3.63, 3.8) is 0 Å². The molecule has 0 unspecified atom stereocenters. The van der Waals surface area contributed by atoms with Gasteiger partial charge in [-0.3, -0.25) is 9.59 Å².